The van der Waals surface area contributed by atoms with Gasteiger partial charge in [0.05, 0.1) is 18.0 Å². The maximum Gasteiger partial charge on any atom is 0.0949 e. The number of rotatable bonds is 1. The molecule has 1 aliphatic rings. The van der Waals surface area contributed by atoms with Gasteiger partial charge in [-0.1, -0.05) is 0 Å². The first-order chi connectivity index (χ1) is 5.70. The Morgan fingerprint density at radius 2 is 2.50 bits per heavy atom. The minimum atomic E-state index is -0.541. The Kier molecular flexibility index (Phi) is 1.68. The van der Waals surface area contributed by atoms with Crippen LogP contribution in [-0.4, -0.2) is 20.3 Å². The van der Waals surface area contributed by atoms with E-state index in [0.29, 0.717) is 0 Å². The SMILES string of the molecule is CC1(O)CCCC1n1ccnc1. The van der Waals surface area contributed by atoms with E-state index >= 15 is 0 Å². The lowest BCUT2D eigenvalue weighted by Crippen LogP contribution is -2.30. The van der Waals surface area contributed by atoms with E-state index in [1.54, 1.807) is 12.5 Å². The van der Waals surface area contributed by atoms with Crippen LogP contribution in [-0.2, 0) is 0 Å². The standard InChI is InChI=1S/C9H14N2O/c1-9(12)4-2-3-8(9)11-6-5-10-7-11/h5-8,12H,2-4H2,1H3. The van der Waals surface area contributed by atoms with Crippen LogP contribution in [0.4, 0.5) is 0 Å². The monoisotopic (exact) mass is 166 g/mol. The van der Waals surface area contributed by atoms with Crippen molar-refractivity contribution in [3.63, 3.8) is 0 Å². The summed E-state index contributed by atoms with van der Waals surface area (Å²) < 4.78 is 2.01. The van der Waals surface area contributed by atoms with Gasteiger partial charge >= 0.3 is 0 Å². The summed E-state index contributed by atoms with van der Waals surface area (Å²) >= 11 is 0. The predicted octanol–water partition coefficient (Wildman–Crippen LogP) is 1.36. The normalized spacial score (nSPS) is 35.7. The molecule has 1 aliphatic carbocycles. The highest BCUT2D eigenvalue weighted by Gasteiger charge is 2.37. The summed E-state index contributed by atoms with van der Waals surface area (Å²) in [7, 11) is 0. The highest BCUT2D eigenvalue weighted by molar-refractivity contribution is 4.95. The zero-order valence-electron chi connectivity index (χ0n) is 7.27. The lowest BCUT2D eigenvalue weighted by atomic mass is 10.0. The fraction of sp³-hybridized carbons (Fsp3) is 0.667. The molecule has 0 aliphatic heterocycles. The van der Waals surface area contributed by atoms with E-state index in [1.807, 2.05) is 17.7 Å². The Labute approximate surface area is 72.0 Å². The zero-order valence-corrected chi connectivity index (χ0v) is 7.27. The van der Waals surface area contributed by atoms with Crippen LogP contribution in [0.25, 0.3) is 0 Å². The molecule has 1 aromatic rings. The van der Waals surface area contributed by atoms with Gasteiger partial charge in [0, 0.05) is 12.4 Å². The summed E-state index contributed by atoms with van der Waals surface area (Å²) in [5.74, 6) is 0. The summed E-state index contributed by atoms with van der Waals surface area (Å²) in [5.41, 5.74) is -0.541. The maximum absolute atomic E-state index is 9.98. The largest absolute Gasteiger partial charge is 0.388 e. The lowest BCUT2D eigenvalue weighted by molar-refractivity contribution is 0.0265. The van der Waals surface area contributed by atoms with Crippen LogP contribution in [0.2, 0.25) is 0 Å². The van der Waals surface area contributed by atoms with Crippen molar-refractivity contribution in [1.29, 1.82) is 0 Å². The summed E-state index contributed by atoms with van der Waals surface area (Å²) in [4.78, 5) is 3.98. The van der Waals surface area contributed by atoms with Gasteiger partial charge in [0.25, 0.3) is 0 Å². The van der Waals surface area contributed by atoms with E-state index in [9.17, 15) is 5.11 Å². The lowest BCUT2D eigenvalue weighted by Gasteiger charge is -2.26. The molecule has 12 heavy (non-hydrogen) atoms. The molecule has 0 amide bonds. The van der Waals surface area contributed by atoms with Crippen molar-refractivity contribution in [3.8, 4) is 0 Å². The molecule has 66 valence electrons. The average molecular weight is 166 g/mol. The van der Waals surface area contributed by atoms with E-state index < -0.39 is 5.60 Å². The predicted molar refractivity (Wildman–Crippen MR) is 45.7 cm³/mol. The van der Waals surface area contributed by atoms with Crippen molar-refractivity contribution in [1.82, 2.24) is 9.55 Å². The molecule has 0 radical (unpaired) electrons. The van der Waals surface area contributed by atoms with E-state index in [1.165, 1.54) is 0 Å². The van der Waals surface area contributed by atoms with E-state index in [0.717, 1.165) is 19.3 Å². The smallest absolute Gasteiger partial charge is 0.0949 e. The summed E-state index contributed by atoms with van der Waals surface area (Å²) in [5, 5.41) is 9.98. The maximum atomic E-state index is 9.98. The van der Waals surface area contributed by atoms with Crippen molar-refractivity contribution >= 4 is 0 Å². The molecule has 0 saturated heterocycles. The molecule has 0 aromatic carbocycles. The third-order valence-electron chi connectivity index (χ3n) is 2.76. The van der Waals surface area contributed by atoms with Crippen molar-refractivity contribution in [3.05, 3.63) is 18.7 Å². The zero-order chi connectivity index (χ0) is 8.60. The summed E-state index contributed by atoms with van der Waals surface area (Å²) in [6.07, 6.45) is 8.53. The minimum Gasteiger partial charge on any atom is -0.388 e. The first kappa shape index (κ1) is 7.80. The van der Waals surface area contributed by atoms with Gasteiger partial charge in [-0.3, -0.25) is 0 Å². The van der Waals surface area contributed by atoms with Gasteiger partial charge in [-0.05, 0) is 26.2 Å². The van der Waals surface area contributed by atoms with Crippen molar-refractivity contribution < 1.29 is 5.11 Å². The number of hydrogen-bond acceptors (Lipinski definition) is 2. The van der Waals surface area contributed by atoms with Crippen LogP contribution >= 0.6 is 0 Å². The first-order valence-corrected chi connectivity index (χ1v) is 4.40. The molecule has 3 nitrogen and oxygen atoms in total. The molecule has 0 spiro atoms. The molecule has 1 N–H and O–H groups in total. The number of hydrogen-bond donors (Lipinski definition) is 1. The second kappa shape index (κ2) is 2.59. The molecular formula is C9H14N2O. The Balaban J connectivity index is 2.25. The average Bonchev–Trinajstić information content (AvgIpc) is 2.55. The molecule has 2 atom stereocenters. The molecule has 1 aromatic heterocycles. The van der Waals surface area contributed by atoms with Gasteiger partial charge in [-0.25, -0.2) is 4.98 Å². The van der Waals surface area contributed by atoms with Crippen LogP contribution in [0.1, 0.15) is 32.2 Å². The molecule has 2 unspecified atom stereocenters. The van der Waals surface area contributed by atoms with Gasteiger partial charge in [0.15, 0.2) is 0 Å². The topological polar surface area (TPSA) is 38.0 Å². The highest BCUT2D eigenvalue weighted by atomic mass is 16.3. The number of nitrogens with zero attached hydrogens (tertiary/aromatic N) is 2. The van der Waals surface area contributed by atoms with E-state index in [4.69, 9.17) is 0 Å². The minimum absolute atomic E-state index is 0.222. The van der Waals surface area contributed by atoms with Gasteiger partial charge in [-0.15, -0.1) is 0 Å². The molecule has 3 heteroatoms. The molecule has 1 fully saturated rings. The summed E-state index contributed by atoms with van der Waals surface area (Å²) in [6.45, 7) is 1.91. The van der Waals surface area contributed by atoms with Crippen LogP contribution in [0, 0.1) is 0 Å². The van der Waals surface area contributed by atoms with Gasteiger partial charge in [-0.2, -0.15) is 0 Å². The first-order valence-electron chi connectivity index (χ1n) is 4.40. The van der Waals surface area contributed by atoms with E-state index in [-0.39, 0.29) is 6.04 Å². The third-order valence-corrected chi connectivity index (χ3v) is 2.76. The van der Waals surface area contributed by atoms with E-state index in [2.05, 4.69) is 4.98 Å². The number of aliphatic hydroxyl groups is 1. The fourth-order valence-electron chi connectivity index (χ4n) is 2.05. The molecule has 1 saturated carbocycles. The number of aromatic nitrogens is 2. The van der Waals surface area contributed by atoms with Crippen molar-refractivity contribution in [2.24, 2.45) is 0 Å². The fourth-order valence-corrected chi connectivity index (χ4v) is 2.05. The van der Waals surface area contributed by atoms with Gasteiger partial charge in [0.1, 0.15) is 0 Å². The number of imidazole rings is 1. The van der Waals surface area contributed by atoms with Crippen LogP contribution in [0.3, 0.4) is 0 Å². The van der Waals surface area contributed by atoms with Gasteiger partial charge < -0.3 is 9.67 Å². The van der Waals surface area contributed by atoms with Crippen molar-refractivity contribution in [2.45, 2.75) is 37.8 Å². The second-order valence-corrected chi connectivity index (χ2v) is 3.78. The Hall–Kier alpha value is -0.830. The van der Waals surface area contributed by atoms with Gasteiger partial charge in [0.2, 0.25) is 0 Å². The Bertz CT molecular complexity index is 254. The Morgan fingerprint density at radius 1 is 1.67 bits per heavy atom. The quantitative estimate of drug-likeness (QED) is 0.684. The Morgan fingerprint density at radius 3 is 3.00 bits per heavy atom. The second-order valence-electron chi connectivity index (χ2n) is 3.78. The molecule has 1 heterocycles. The third kappa shape index (κ3) is 1.14. The highest BCUT2D eigenvalue weighted by Crippen LogP contribution is 2.38. The van der Waals surface area contributed by atoms with Crippen LogP contribution in [0.15, 0.2) is 18.7 Å². The molecule has 2 rings (SSSR count). The molecular weight excluding hydrogens is 152 g/mol. The van der Waals surface area contributed by atoms with Crippen molar-refractivity contribution in [2.75, 3.05) is 0 Å². The van der Waals surface area contributed by atoms with Crippen LogP contribution in [0.5, 0.6) is 0 Å². The summed E-state index contributed by atoms with van der Waals surface area (Å²) in [6, 6.07) is 0.222. The molecule has 0 bridgehead atoms. The van der Waals surface area contributed by atoms with Crippen LogP contribution < -0.4 is 0 Å².